The molecule has 1 aromatic heterocycles. The number of nitrogens with zero attached hydrogens (tertiary/aromatic N) is 2. The highest BCUT2D eigenvalue weighted by Gasteiger charge is 2.35. The van der Waals surface area contributed by atoms with E-state index in [2.05, 4.69) is 10.3 Å². The van der Waals surface area contributed by atoms with Crippen molar-refractivity contribution in [3.8, 4) is 11.1 Å². The third-order valence-corrected chi connectivity index (χ3v) is 7.82. The number of rotatable bonds is 5. The highest BCUT2D eigenvalue weighted by molar-refractivity contribution is 7.70. The maximum atomic E-state index is 15.3. The molecule has 0 spiro atoms. The number of halogens is 6. The second kappa shape index (κ2) is 11.0. The zero-order chi connectivity index (χ0) is 29.4. The quantitative estimate of drug-likeness (QED) is 0.295. The van der Waals surface area contributed by atoms with Crippen molar-refractivity contribution in [3.63, 3.8) is 0 Å². The number of anilines is 2. The molecule has 2 heterocycles. The number of amides is 3. The molecule has 1 fully saturated rings. The van der Waals surface area contributed by atoms with Crippen LogP contribution in [0.2, 0.25) is 0 Å². The minimum Gasteiger partial charge on any atom is -0.326 e. The number of piperidine rings is 1. The number of carbonyl (C=O) groups excluding carboxylic acids is 2. The van der Waals surface area contributed by atoms with Gasteiger partial charge in [0.2, 0.25) is 5.91 Å². The minimum absolute atomic E-state index is 0.0130. The fourth-order valence-electron chi connectivity index (χ4n) is 4.36. The number of hydrogen-bond acceptors (Lipinski definition) is 4. The summed E-state index contributed by atoms with van der Waals surface area (Å²) in [6.07, 6.45) is -4.10. The number of hydrogen-bond donors (Lipinski definition) is 2. The molecule has 0 radical (unpaired) electrons. The Morgan fingerprint density at radius 3 is 2.40 bits per heavy atom. The van der Waals surface area contributed by atoms with E-state index in [0.717, 1.165) is 4.90 Å². The molecule has 1 aliphatic heterocycles. The van der Waals surface area contributed by atoms with Gasteiger partial charge in [0.15, 0.2) is 23.3 Å². The van der Waals surface area contributed by atoms with E-state index in [1.54, 1.807) is 18.2 Å². The number of aromatic nitrogens is 1. The number of alkyl halides is 3. The van der Waals surface area contributed by atoms with Crippen LogP contribution in [0.4, 0.5) is 42.6 Å². The number of nitrogens with one attached hydrogen (secondary N) is 2. The molecular weight excluding hydrogens is 561 g/mol. The fourth-order valence-corrected chi connectivity index (χ4v) is 5.58. The van der Waals surface area contributed by atoms with Crippen LogP contribution in [-0.2, 0) is 15.5 Å². The van der Waals surface area contributed by atoms with Gasteiger partial charge in [0.1, 0.15) is 13.2 Å². The topological polar surface area (TPSA) is 91.4 Å². The number of urea groups is 1. The smallest absolute Gasteiger partial charge is 0.326 e. The second-order valence-corrected chi connectivity index (χ2v) is 12.6. The van der Waals surface area contributed by atoms with Crippen molar-refractivity contribution in [2.75, 3.05) is 30.1 Å². The monoisotopic (exact) mass is 584 g/mol. The van der Waals surface area contributed by atoms with E-state index < -0.39 is 60.1 Å². The minimum atomic E-state index is -4.84. The van der Waals surface area contributed by atoms with E-state index in [1.165, 1.54) is 31.5 Å². The van der Waals surface area contributed by atoms with Gasteiger partial charge in [-0.2, -0.15) is 13.2 Å². The van der Waals surface area contributed by atoms with Crippen molar-refractivity contribution in [1.29, 1.82) is 0 Å². The van der Waals surface area contributed by atoms with E-state index in [0.29, 0.717) is 11.5 Å². The third kappa shape index (κ3) is 5.99. The molecule has 40 heavy (non-hydrogen) atoms. The van der Waals surface area contributed by atoms with Crippen LogP contribution in [0, 0.1) is 17.5 Å². The predicted octanol–water partition coefficient (Wildman–Crippen LogP) is 5.75. The van der Waals surface area contributed by atoms with Gasteiger partial charge in [-0.25, -0.2) is 22.9 Å². The van der Waals surface area contributed by atoms with Crippen molar-refractivity contribution in [2.24, 2.45) is 0 Å². The highest BCUT2D eigenvalue weighted by Crippen LogP contribution is 2.40. The van der Waals surface area contributed by atoms with Crippen LogP contribution in [0.1, 0.15) is 18.4 Å². The van der Waals surface area contributed by atoms with Crippen molar-refractivity contribution in [3.05, 3.63) is 71.7 Å². The van der Waals surface area contributed by atoms with Gasteiger partial charge in [-0.3, -0.25) is 10.1 Å². The molecule has 2 aromatic carbocycles. The van der Waals surface area contributed by atoms with Crippen LogP contribution >= 0.6 is 7.14 Å². The zero-order valence-electron chi connectivity index (χ0n) is 21.2. The standard InChI is InChI=1S/C26H23F6N4O3P/c1-40(2,39)20-8-4-3-6-15(20)16-9-10-19(22(29)21(16)28)36-11-5-7-18(24(36)37)34-25(38)35-23-17(27)12-14(13-33-23)26(30,31)32/h3-4,6,8-10,12-13,18H,5,7,11H2,1-2H3,(H2,33,34,35,38)/t18-/m1/s1. The Kier molecular flexibility index (Phi) is 7.98. The van der Waals surface area contributed by atoms with Crippen LogP contribution in [0.25, 0.3) is 11.1 Å². The molecule has 212 valence electrons. The Labute approximate surface area is 225 Å². The van der Waals surface area contributed by atoms with Gasteiger partial charge in [0, 0.05) is 23.6 Å². The summed E-state index contributed by atoms with van der Waals surface area (Å²) in [5.41, 5.74) is -1.60. The van der Waals surface area contributed by atoms with Crippen molar-refractivity contribution < 1.29 is 40.5 Å². The molecule has 0 bridgehead atoms. The number of benzene rings is 2. The largest absolute Gasteiger partial charge is 0.417 e. The molecule has 4 rings (SSSR count). The average molecular weight is 584 g/mol. The molecule has 0 unspecified atom stereocenters. The van der Waals surface area contributed by atoms with Crippen molar-refractivity contribution in [2.45, 2.75) is 25.1 Å². The summed E-state index contributed by atoms with van der Waals surface area (Å²) in [6.45, 7) is 3.03. The van der Waals surface area contributed by atoms with Gasteiger partial charge in [0.05, 0.1) is 11.3 Å². The van der Waals surface area contributed by atoms with E-state index in [4.69, 9.17) is 0 Å². The van der Waals surface area contributed by atoms with Gasteiger partial charge < -0.3 is 14.8 Å². The fraction of sp³-hybridized carbons (Fsp3) is 0.269. The summed E-state index contributed by atoms with van der Waals surface area (Å²) in [5.74, 6) is -5.58. The lowest BCUT2D eigenvalue weighted by Crippen LogP contribution is -2.53. The lowest BCUT2D eigenvalue weighted by molar-refractivity contribution is -0.138. The molecule has 2 N–H and O–H groups in total. The van der Waals surface area contributed by atoms with Crippen molar-refractivity contribution in [1.82, 2.24) is 10.3 Å². The lowest BCUT2D eigenvalue weighted by atomic mass is 10.0. The molecule has 14 heteroatoms. The van der Waals surface area contributed by atoms with Crippen molar-refractivity contribution >= 4 is 35.9 Å². The molecule has 7 nitrogen and oxygen atoms in total. The molecule has 1 atom stereocenters. The van der Waals surface area contributed by atoms with E-state index in [-0.39, 0.29) is 42.3 Å². The van der Waals surface area contributed by atoms with Gasteiger partial charge >= 0.3 is 12.2 Å². The molecule has 3 aromatic rings. The third-order valence-electron chi connectivity index (χ3n) is 6.27. The first-order valence-electron chi connectivity index (χ1n) is 11.9. The summed E-state index contributed by atoms with van der Waals surface area (Å²) in [6, 6.07) is 6.62. The summed E-state index contributed by atoms with van der Waals surface area (Å²) < 4.78 is 95.5. The van der Waals surface area contributed by atoms with E-state index >= 15 is 8.78 Å². The maximum absolute atomic E-state index is 15.3. The molecule has 1 saturated heterocycles. The Morgan fingerprint density at radius 1 is 1.05 bits per heavy atom. The average Bonchev–Trinajstić information content (AvgIpc) is 2.87. The Morgan fingerprint density at radius 2 is 1.75 bits per heavy atom. The van der Waals surface area contributed by atoms with Crippen LogP contribution in [-0.4, -0.2) is 42.8 Å². The van der Waals surface area contributed by atoms with Crippen LogP contribution in [0.15, 0.2) is 48.7 Å². The highest BCUT2D eigenvalue weighted by atomic mass is 31.2. The van der Waals surface area contributed by atoms with Gasteiger partial charge in [-0.1, -0.05) is 24.3 Å². The van der Waals surface area contributed by atoms with Gasteiger partial charge in [-0.05, 0) is 49.9 Å². The Hall–Kier alpha value is -3.86. The summed E-state index contributed by atoms with van der Waals surface area (Å²) >= 11 is 0. The Balaban J connectivity index is 1.53. The molecule has 0 saturated carbocycles. The van der Waals surface area contributed by atoms with Gasteiger partial charge in [0.25, 0.3) is 0 Å². The molecular formula is C26H23F6N4O3P. The van der Waals surface area contributed by atoms with E-state index in [9.17, 15) is 31.7 Å². The van der Waals surface area contributed by atoms with Crippen LogP contribution < -0.4 is 20.8 Å². The molecule has 0 aliphatic carbocycles. The lowest BCUT2D eigenvalue weighted by Gasteiger charge is -2.33. The first-order valence-corrected chi connectivity index (χ1v) is 14.5. The van der Waals surface area contributed by atoms with Crippen LogP contribution in [0.3, 0.4) is 0 Å². The summed E-state index contributed by atoms with van der Waals surface area (Å²) in [4.78, 5) is 29.7. The van der Waals surface area contributed by atoms with E-state index in [1.807, 2.05) is 5.32 Å². The number of pyridine rings is 1. The first-order chi connectivity index (χ1) is 18.7. The first kappa shape index (κ1) is 29.1. The second-order valence-electron chi connectivity index (χ2n) is 9.46. The van der Waals surface area contributed by atoms with Crippen LogP contribution in [0.5, 0.6) is 0 Å². The number of carbonyl (C=O) groups is 2. The Bertz CT molecular complexity index is 1520. The SMILES string of the molecule is CP(C)(=O)c1ccccc1-c1ccc(N2CCC[C@@H](NC(=O)Nc3ncc(C(F)(F)F)cc3F)C2=O)c(F)c1F. The predicted molar refractivity (Wildman–Crippen MR) is 138 cm³/mol. The zero-order valence-corrected chi connectivity index (χ0v) is 22.0. The molecule has 1 aliphatic rings. The molecule has 3 amide bonds. The normalized spacial score (nSPS) is 16.1. The maximum Gasteiger partial charge on any atom is 0.417 e. The summed E-state index contributed by atoms with van der Waals surface area (Å²) in [5, 5.41) is 4.58. The van der Waals surface area contributed by atoms with Gasteiger partial charge in [-0.15, -0.1) is 0 Å². The summed E-state index contributed by atoms with van der Waals surface area (Å²) in [7, 11) is -2.84.